The van der Waals surface area contributed by atoms with Gasteiger partial charge >= 0.3 is 5.97 Å². The third kappa shape index (κ3) is 15.8. The first-order chi connectivity index (χ1) is 25.0. The molecule has 4 rings (SSSR count). The van der Waals surface area contributed by atoms with Crippen LogP contribution in [0.3, 0.4) is 0 Å². The van der Waals surface area contributed by atoms with Crippen LogP contribution in [0.25, 0.3) is 16.3 Å². The van der Waals surface area contributed by atoms with Gasteiger partial charge in [-0.2, -0.15) is 4.57 Å². The Morgan fingerprint density at radius 1 is 0.731 bits per heavy atom. The number of aliphatic hydroxyl groups excluding tert-OH is 1. The molecule has 0 fully saturated rings. The lowest BCUT2D eigenvalue weighted by molar-refractivity contribution is -0.670. The Kier molecular flexibility index (Phi) is 21.3. The van der Waals surface area contributed by atoms with E-state index in [-0.39, 0.29) is 31.2 Å². The minimum Gasteiger partial charge on any atom is -1.00 e. The highest BCUT2D eigenvalue weighted by atomic mass is 35.5. The van der Waals surface area contributed by atoms with Gasteiger partial charge in [0.15, 0.2) is 6.54 Å². The third-order valence-electron chi connectivity index (χ3n) is 7.37. The first-order valence-corrected chi connectivity index (χ1v) is 18.7. The molecule has 0 bridgehead atoms. The second kappa shape index (κ2) is 25.7. The zero-order valence-electron chi connectivity index (χ0n) is 29.4. The SMILES string of the molecule is C=C(O)CCOCCOCCOCC[n+]1c(/C=C/C=C/C=C2\Sc3ccccc3N2CCOCCOCCOCCC(=O)O)sc2ccccc21.[Cl-]. The van der Waals surface area contributed by atoms with Gasteiger partial charge in [0, 0.05) is 30.0 Å². The number of aliphatic carboxylic acids is 1. The highest BCUT2D eigenvalue weighted by molar-refractivity contribution is 8.03. The molecule has 0 atom stereocenters. The van der Waals surface area contributed by atoms with E-state index in [4.69, 9.17) is 38.6 Å². The second-order valence-electron chi connectivity index (χ2n) is 11.2. The van der Waals surface area contributed by atoms with Crippen LogP contribution in [0.2, 0.25) is 0 Å². The summed E-state index contributed by atoms with van der Waals surface area (Å²) in [5.41, 5.74) is 2.36. The normalized spacial score (nSPS) is 13.5. The number of carboxylic acid groups (broad SMARTS) is 1. The van der Waals surface area contributed by atoms with Gasteiger partial charge in [-0.25, -0.2) is 0 Å². The summed E-state index contributed by atoms with van der Waals surface area (Å²) in [6.45, 7) is 10.3. The molecule has 1 aromatic heterocycles. The average molecular weight is 777 g/mol. The number of carboxylic acids is 1. The molecular formula is C38H49ClN2O9S2. The van der Waals surface area contributed by atoms with Crippen molar-refractivity contribution in [2.24, 2.45) is 0 Å². The number of halogens is 1. The Morgan fingerprint density at radius 3 is 2.02 bits per heavy atom. The molecule has 14 heteroatoms. The van der Waals surface area contributed by atoms with Gasteiger partial charge in [0.25, 0.3) is 5.01 Å². The predicted molar refractivity (Wildman–Crippen MR) is 201 cm³/mol. The molecule has 1 aliphatic heterocycles. The number of thioether (sulfide) groups is 1. The number of allylic oxidation sites excluding steroid dienone is 4. The summed E-state index contributed by atoms with van der Waals surface area (Å²) in [6, 6.07) is 16.8. The molecule has 0 radical (unpaired) electrons. The number of aliphatic hydroxyl groups is 1. The number of rotatable bonds is 27. The fraction of sp³-hybridized carbons (Fsp3) is 0.421. The molecule has 0 spiro atoms. The van der Waals surface area contributed by atoms with Crippen molar-refractivity contribution in [1.29, 1.82) is 0 Å². The summed E-state index contributed by atoms with van der Waals surface area (Å²) in [6.07, 6.45) is 10.9. The molecule has 2 heterocycles. The molecule has 284 valence electrons. The molecule has 1 aliphatic rings. The number of fused-ring (bicyclic) bond motifs is 2. The van der Waals surface area contributed by atoms with Crippen LogP contribution in [0.4, 0.5) is 5.69 Å². The molecule has 0 saturated carbocycles. The Morgan fingerprint density at radius 2 is 1.33 bits per heavy atom. The van der Waals surface area contributed by atoms with Gasteiger partial charge < -0.3 is 55.9 Å². The van der Waals surface area contributed by atoms with E-state index in [1.165, 1.54) is 20.8 Å². The highest BCUT2D eigenvalue weighted by Gasteiger charge is 2.24. The van der Waals surface area contributed by atoms with E-state index < -0.39 is 5.97 Å². The van der Waals surface area contributed by atoms with E-state index in [1.807, 2.05) is 0 Å². The second-order valence-corrected chi connectivity index (χ2v) is 13.3. The molecule has 11 nitrogen and oxygen atoms in total. The van der Waals surface area contributed by atoms with Gasteiger partial charge in [0.1, 0.15) is 11.3 Å². The maximum atomic E-state index is 10.5. The number of para-hydroxylation sites is 2. The van der Waals surface area contributed by atoms with E-state index in [0.29, 0.717) is 85.6 Å². The van der Waals surface area contributed by atoms with Gasteiger partial charge in [-0.1, -0.05) is 72.2 Å². The van der Waals surface area contributed by atoms with Crippen LogP contribution in [-0.2, 0) is 39.8 Å². The van der Waals surface area contributed by atoms with Gasteiger partial charge in [-0.15, -0.1) is 0 Å². The molecule has 0 saturated heterocycles. The minimum absolute atomic E-state index is 0. The summed E-state index contributed by atoms with van der Waals surface area (Å²) in [5.74, 6) is -0.743. The Bertz CT molecular complexity index is 1600. The summed E-state index contributed by atoms with van der Waals surface area (Å²) >= 11 is 3.50. The molecule has 2 N–H and O–H groups in total. The number of ether oxygens (including phenoxy) is 6. The number of benzene rings is 2. The van der Waals surface area contributed by atoms with E-state index in [1.54, 1.807) is 23.1 Å². The number of hydrogen-bond donors (Lipinski definition) is 2. The molecule has 3 aromatic rings. The van der Waals surface area contributed by atoms with Crippen molar-refractivity contribution in [3.05, 3.63) is 95.2 Å². The van der Waals surface area contributed by atoms with Gasteiger partial charge in [-0.05, 0) is 24.3 Å². The van der Waals surface area contributed by atoms with E-state index in [0.717, 1.165) is 16.6 Å². The van der Waals surface area contributed by atoms with Crippen molar-refractivity contribution >= 4 is 51.0 Å². The van der Waals surface area contributed by atoms with E-state index in [9.17, 15) is 4.79 Å². The maximum absolute atomic E-state index is 10.5. The third-order valence-corrected chi connectivity index (χ3v) is 9.64. The molecule has 0 aliphatic carbocycles. The standard InChI is InChI=1S/C38H48N2O9S2.ClH/c1-31(41)15-19-44-23-27-48-29-25-46-21-17-39-32-9-5-7-11-34(32)50-36(39)13-3-2-4-14-37-40(33-10-6-8-12-35(33)51-37)18-22-47-26-30-49-28-24-45-20-16-38(42)43;/h2-14H,1,15-30H2,(H-,41,42,43);1H. The number of carbonyl (C=O) groups is 1. The van der Waals surface area contributed by atoms with E-state index in [2.05, 4.69) is 95.0 Å². The zero-order chi connectivity index (χ0) is 35.9. The summed E-state index contributed by atoms with van der Waals surface area (Å²) < 4.78 is 36.9. The smallest absolute Gasteiger partial charge is 0.305 e. The fourth-order valence-corrected chi connectivity index (χ4v) is 7.10. The van der Waals surface area contributed by atoms with Crippen LogP contribution < -0.4 is 21.9 Å². The quantitative estimate of drug-likeness (QED) is 0.0514. The number of nitrogens with zero attached hydrogens (tertiary/aromatic N) is 2. The van der Waals surface area contributed by atoms with Crippen molar-refractivity contribution in [3.8, 4) is 0 Å². The monoisotopic (exact) mass is 776 g/mol. The fourth-order valence-electron chi connectivity index (χ4n) is 4.90. The van der Waals surface area contributed by atoms with Gasteiger partial charge in [-0.3, -0.25) is 4.79 Å². The first-order valence-electron chi connectivity index (χ1n) is 17.1. The Hall–Kier alpha value is -3.24. The summed E-state index contributed by atoms with van der Waals surface area (Å²) in [7, 11) is 0. The van der Waals surface area contributed by atoms with Crippen LogP contribution >= 0.6 is 23.1 Å². The molecule has 52 heavy (non-hydrogen) atoms. The zero-order valence-corrected chi connectivity index (χ0v) is 31.8. The topological polar surface area (TPSA) is 120 Å². The molecule has 0 amide bonds. The van der Waals surface area contributed by atoms with Gasteiger partial charge in [0.05, 0.1) is 95.6 Å². The Balaban J connectivity index is 0.00000729. The summed E-state index contributed by atoms with van der Waals surface area (Å²) in [5, 5.41) is 20.0. The lowest BCUT2D eigenvalue weighted by atomic mass is 10.3. The molecular weight excluding hydrogens is 728 g/mol. The number of aromatic nitrogens is 1. The molecule has 2 aromatic carbocycles. The number of thiazole rings is 1. The molecule has 0 unspecified atom stereocenters. The number of anilines is 1. The van der Waals surface area contributed by atoms with Crippen LogP contribution in [0.5, 0.6) is 0 Å². The summed E-state index contributed by atoms with van der Waals surface area (Å²) in [4.78, 5) is 14.0. The lowest BCUT2D eigenvalue weighted by Gasteiger charge is -2.20. The van der Waals surface area contributed by atoms with E-state index >= 15 is 0 Å². The lowest BCUT2D eigenvalue weighted by Crippen LogP contribution is -3.00. The van der Waals surface area contributed by atoms with Crippen LogP contribution in [0, 0.1) is 0 Å². The minimum atomic E-state index is -0.870. The Labute approximate surface area is 320 Å². The largest absolute Gasteiger partial charge is 1.00 e. The van der Waals surface area contributed by atoms with Crippen molar-refractivity contribution in [2.75, 3.05) is 90.7 Å². The van der Waals surface area contributed by atoms with Crippen LogP contribution in [-0.4, -0.2) is 102 Å². The van der Waals surface area contributed by atoms with Crippen molar-refractivity contribution in [3.63, 3.8) is 0 Å². The predicted octanol–water partition coefficient (Wildman–Crippen LogP) is 3.25. The average Bonchev–Trinajstić information content (AvgIpc) is 3.66. The van der Waals surface area contributed by atoms with Crippen molar-refractivity contribution in [1.82, 2.24) is 0 Å². The first kappa shape index (κ1) is 43.2. The maximum Gasteiger partial charge on any atom is 0.305 e. The van der Waals surface area contributed by atoms with Crippen molar-refractivity contribution < 1.29 is 60.4 Å². The van der Waals surface area contributed by atoms with Gasteiger partial charge in [0.2, 0.25) is 5.52 Å². The highest BCUT2D eigenvalue weighted by Crippen LogP contribution is 2.45. The number of hydrogen-bond acceptors (Lipinski definition) is 11. The van der Waals surface area contributed by atoms with Crippen LogP contribution in [0.15, 0.2) is 95.1 Å². The van der Waals surface area contributed by atoms with Crippen molar-refractivity contribution in [2.45, 2.75) is 24.3 Å². The van der Waals surface area contributed by atoms with Crippen LogP contribution in [0.1, 0.15) is 17.8 Å².